The molecule has 0 spiro atoms. The summed E-state index contributed by atoms with van der Waals surface area (Å²) in [7, 11) is 1.52. The topological polar surface area (TPSA) is 32.3 Å². The van der Waals surface area contributed by atoms with Gasteiger partial charge in [-0.3, -0.25) is 0 Å². The minimum atomic E-state index is -0.682. The summed E-state index contributed by atoms with van der Waals surface area (Å²) in [4.78, 5) is 13.4. The number of hydrogen-bond acceptors (Lipinski definition) is 1. The fourth-order valence-corrected chi connectivity index (χ4v) is 2.05. The molecule has 0 radical (unpaired) electrons. The van der Waals surface area contributed by atoms with E-state index in [2.05, 4.69) is 5.32 Å². The van der Waals surface area contributed by atoms with E-state index in [-0.39, 0.29) is 12.1 Å². The van der Waals surface area contributed by atoms with Crippen LogP contribution in [0, 0.1) is 18.6 Å². The number of hydrogen-bond donors (Lipinski definition) is 1. The minimum absolute atomic E-state index is 0.0253. The van der Waals surface area contributed by atoms with Crippen molar-refractivity contribution < 1.29 is 13.6 Å². The van der Waals surface area contributed by atoms with Crippen molar-refractivity contribution in [2.24, 2.45) is 0 Å². The van der Waals surface area contributed by atoms with E-state index >= 15 is 0 Å². The van der Waals surface area contributed by atoms with Crippen LogP contribution in [0.5, 0.6) is 0 Å². The van der Waals surface area contributed by atoms with E-state index in [1.807, 2.05) is 6.92 Å². The third-order valence-corrected chi connectivity index (χ3v) is 3.60. The average Bonchev–Trinajstić information content (AvgIpc) is 2.45. The number of urea groups is 1. The summed E-state index contributed by atoms with van der Waals surface area (Å²) in [6.07, 6.45) is 0. The fourth-order valence-electron chi connectivity index (χ4n) is 1.87. The van der Waals surface area contributed by atoms with Crippen LogP contribution in [0.3, 0.4) is 0 Å². The predicted octanol–water partition coefficient (Wildman–Crippen LogP) is 4.59. The number of carbonyl (C=O) groups is 1. The second-order valence-corrected chi connectivity index (χ2v) is 5.39. The van der Waals surface area contributed by atoms with Gasteiger partial charge in [-0.25, -0.2) is 13.6 Å². The number of benzene rings is 2. The third kappa shape index (κ3) is 3.95. The summed E-state index contributed by atoms with van der Waals surface area (Å²) in [5.74, 6) is -1.33. The molecule has 0 aliphatic rings. The van der Waals surface area contributed by atoms with E-state index in [9.17, 15) is 13.6 Å². The smallest absolute Gasteiger partial charge is 0.321 e. The summed E-state index contributed by atoms with van der Waals surface area (Å²) < 4.78 is 26.4. The molecule has 3 nitrogen and oxygen atoms in total. The van der Waals surface area contributed by atoms with Crippen LogP contribution in [0.25, 0.3) is 0 Å². The minimum Gasteiger partial charge on any atom is -0.323 e. The molecule has 2 aromatic carbocycles. The number of anilines is 1. The second kappa shape index (κ2) is 6.75. The van der Waals surface area contributed by atoms with Crippen LogP contribution in [0.2, 0.25) is 5.02 Å². The number of nitrogens with one attached hydrogen (secondary N) is 1. The van der Waals surface area contributed by atoms with Gasteiger partial charge in [0.05, 0.1) is 0 Å². The molecule has 22 heavy (non-hydrogen) atoms. The fraction of sp³-hybridized carbons (Fsp3) is 0.188. The molecule has 2 aromatic rings. The first-order chi connectivity index (χ1) is 10.4. The Balaban J connectivity index is 2.04. The zero-order chi connectivity index (χ0) is 16.3. The van der Waals surface area contributed by atoms with Crippen LogP contribution in [0.4, 0.5) is 19.3 Å². The van der Waals surface area contributed by atoms with E-state index in [1.165, 1.54) is 18.0 Å². The molecule has 0 fully saturated rings. The third-order valence-electron chi connectivity index (χ3n) is 3.19. The molecule has 1 N–H and O–H groups in total. The standard InChI is InChI=1S/C16H15ClF2N2O/c1-10-3-6-13(8-14(10)17)20-16(22)21(2)9-11-4-5-12(18)7-15(11)19/h3-8H,9H2,1-2H3,(H,20,22). The Bertz CT molecular complexity index is 707. The van der Waals surface area contributed by atoms with E-state index in [0.717, 1.165) is 17.7 Å². The Labute approximate surface area is 132 Å². The number of carbonyl (C=O) groups excluding carboxylic acids is 1. The van der Waals surface area contributed by atoms with Crippen LogP contribution in [-0.2, 0) is 6.54 Å². The van der Waals surface area contributed by atoms with Gasteiger partial charge >= 0.3 is 6.03 Å². The molecule has 0 atom stereocenters. The normalized spacial score (nSPS) is 10.4. The van der Waals surface area contributed by atoms with Crippen LogP contribution in [-0.4, -0.2) is 18.0 Å². The van der Waals surface area contributed by atoms with Crippen molar-refractivity contribution in [3.8, 4) is 0 Å². The summed E-state index contributed by atoms with van der Waals surface area (Å²) in [5.41, 5.74) is 1.69. The molecular weight excluding hydrogens is 310 g/mol. The van der Waals surface area contributed by atoms with Crippen LogP contribution in [0.15, 0.2) is 36.4 Å². The SMILES string of the molecule is Cc1ccc(NC(=O)N(C)Cc2ccc(F)cc2F)cc1Cl. The predicted molar refractivity (Wildman–Crippen MR) is 83.0 cm³/mol. The van der Waals surface area contributed by atoms with Gasteiger partial charge in [-0.15, -0.1) is 0 Å². The van der Waals surface area contributed by atoms with E-state index in [0.29, 0.717) is 10.7 Å². The van der Waals surface area contributed by atoms with Crippen LogP contribution in [0.1, 0.15) is 11.1 Å². The summed E-state index contributed by atoms with van der Waals surface area (Å²) in [6.45, 7) is 1.88. The number of amides is 2. The van der Waals surface area contributed by atoms with Gasteiger partial charge < -0.3 is 10.2 Å². The lowest BCUT2D eigenvalue weighted by Crippen LogP contribution is -2.31. The molecule has 0 aliphatic carbocycles. The first kappa shape index (κ1) is 16.2. The van der Waals surface area contributed by atoms with Gasteiger partial charge in [0.15, 0.2) is 0 Å². The average molecular weight is 325 g/mol. The van der Waals surface area contributed by atoms with Gasteiger partial charge in [0, 0.05) is 35.9 Å². The van der Waals surface area contributed by atoms with Crippen molar-refractivity contribution >= 4 is 23.3 Å². The van der Waals surface area contributed by atoms with Gasteiger partial charge in [-0.2, -0.15) is 0 Å². The van der Waals surface area contributed by atoms with E-state index in [4.69, 9.17) is 11.6 Å². The lowest BCUT2D eigenvalue weighted by atomic mass is 10.2. The van der Waals surface area contributed by atoms with E-state index in [1.54, 1.807) is 18.2 Å². The van der Waals surface area contributed by atoms with Gasteiger partial charge in [-0.05, 0) is 30.7 Å². The first-order valence-corrected chi connectivity index (χ1v) is 6.97. The van der Waals surface area contributed by atoms with Gasteiger partial charge in [0.1, 0.15) is 11.6 Å². The lowest BCUT2D eigenvalue weighted by molar-refractivity contribution is 0.220. The number of rotatable bonds is 3. The maximum Gasteiger partial charge on any atom is 0.321 e. The Morgan fingerprint density at radius 2 is 1.95 bits per heavy atom. The molecule has 0 unspecified atom stereocenters. The molecule has 0 aromatic heterocycles. The highest BCUT2D eigenvalue weighted by atomic mass is 35.5. The lowest BCUT2D eigenvalue weighted by Gasteiger charge is -2.18. The number of aryl methyl sites for hydroxylation is 1. The Morgan fingerprint density at radius 1 is 1.23 bits per heavy atom. The van der Waals surface area contributed by atoms with Crippen LogP contribution >= 0.6 is 11.6 Å². The Morgan fingerprint density at radius 3 is 2.59 bits per heavy atom. The van der Waals surface area contributed by atoms with Crippen molar-refractivity contribution in [1.82, 2.24) is 4.90 Å². The number of halogens is 3. The molecule has 2 rings (SSSR count). The molecule has 0 bridgehead atoms. The molecule has 6 heteroatoms. The van der Waals surface area contributed by atoms with E-state index < -0.39 is 17.7 Å². The van der Waals surface area contributed by atoms with Gasteiger partial charge in [0.25, 0.3) is 0 Å². The maximum atomic E-state index is 13.6. The summed E-state index contributed by atoms with van der Waals surface area (Å²) in [6, 6.07) is 8.01. The Hall–Kier alpha value is -2.14. The van der Waals surface area contributed by atoms with Crippen molar-refractivity contribution in [2.75, 3.05) is 12.4 Å². The molecule has 0 saturated heterocycles. The Kier molecular flexibility index (Phi) is 4.98. The van der Waals surface area contributed by atoms with Crippen molar-refractivity contribution in [3.05, 3.63) is 64.2 Å². The summed E-state index contributed by atoms with van der Waals surface area (Å²) >= 11 is 5.99. The highest BCUT2D eigenvalue weighted by Gasteiger charge is 2.13. The zero-order valence-corrected chi connectivity index (χ0v) is 12.9. The largest absolute Gasteiger partial charge is 0.323 e. The molecule has 0 heterocycles. The summed E-state index contributed by atoms with van der Waals surface area (Å²) in [5, 5.41) is 3.21. The molecule has 0 aliphatic heterocycles. The van der Waals surface area contributed by atoms with Crippen molar-refractivity contribution in [2.45, 2.75) is 13.5 Å². The van der Waals surface area contributed by atoms with Gasteiger partial charge in [0.2, 0.25) is 0 Å². The molecule has 2 amide bonds. The first-order valence-electron chi connectivity index (χ1n) is 6.59. The molecule has 116 valence electrons. The van der Waals surface area contributed by atoms with Crippen LogP contribution < -0.4 is 5.32 Å². The monoisotopic (exact) mass is 324 g/mol. The van der Waals surface area contributed by atoms with Crippen molar-refractivity contribution in [3.63, 3.8) is 0 Å². The quantitative estimate of drug-likeness (QED) is 0.880. The second-order valence-electron chi connectivity index (χ2n) is 4.99. The maximum absolute atomic E-state index is 13.6. The van der Waals surface area contributed by atoms with Gasteiger partial charge in [-0.1, -0.05) is 23.7 Å². The molecular formula is C16H15ClF2N2O. The zero-order valence-electron chi connectivity index (χ0n) is 12.2. The number of nitrogens with zero attached hydrogens (tertiary/aromatic N) is 1. The van der Waals surface area contributed by atoms with Crippen molar-refractivity contribution in [1.29, 1.82) is 0 Å². The highest BCUT2D eigenvalue weighted by Crippen LogP contribution is 2.20. The molecule has 0 saturated carbocycles. The highest BCUT2D eigenvalue weighted by molar-refractivity contribution is 6.31.